The topological polar surface area (TPSA) is 102 Å². The Morgan fingerprint density at radius 2 is 1.79 bits per heavy atom. The smallest absolute Gasteiger partial charge is 0.322 e. The van der Waals surface area contributed by atoms with Crippen LogP contribution in [0.25, 0.3) is 0 Å². The molecule has 1 N–H and O–H groups in total. The molecule has 3 rings (SSSR count). The van der Waals surface area contributed by atoms with Crippen molar-refractivity contribution in [1.29, 1.82) is 0 Å². The number of benzene rings is 2. The molecule has 152 valence electrons. The Morgan fingerprint density at radius 1 is 1.07 bits per heavy atom. The third-order valence-corrected chi connectivity index (χ3v) is 6.73. The van der Waals surface area contributed by atoms with Gasteiger partial charge in [-0.25, -0.2) is 8.42 Å². The number of rotatable bonds is 9. The minimum atomic E-state index is -3.60. The third kappa shape index (κ3) is 6.59. The van der Waals surface area contributed by atoms with Crippen LogP contribution in [0.4, 0.5) is 6.01 Å². The van der Waals surface area contributed by atoms with Crippen LogP contribution in [0.1, 0.15) is 18.7 Å². The molecule has 0 radical (unpaired) electrons. The summed E-state index contributed by atoms with van der Waals surface area (Å²) in [5.74, 6) is -0.0258. The van der Waals surface area contributed by atoms with E-state index in [1.165, 1.54) is 12.1 Å². The number of carbonyl (C=O) groups is 1. The fraction of sp³-hybridized carbons (Fsp3) is 0.211. The molecule has 0 atom stereocenters. The Balaban J connectivity index is 1.44. The molecule has 2 aromatic carbocycles. The first-order valence-electron chi connectivity index (χ1n) is 8.71. The number of anilines is 1. The molecule has 0 spiro atoms. The van der Waals surface area contributed by atoms with Gasteiger partial charge in [0.15, 0.2) is 9.84 Å². The molecule has 3 aromatic rings. The molecule has 0 aliphatic rings. The molecule has 0 saturated carbocycles. The third-order valence-electron chi connectivity index (χ3n) is 3.76. The van der Waals surface area contributed by atoms with E-state index in [1.54, 1.807) is 30.0 Å². The highest BCUT2D eigenvalue weighted by atomic mass is 35.5. The van der Waals surface area contributed by atoms with Crippen molar-refractivity contribution >= 4 is 45.1 Å². The van der Waals surface area contributed by atoms with E-state index in [9.17, 15) is 13.2 Å². The van der Waals surface area contributed by atoms with E-state index in [2.05, 4.69) is 15.5 Å². The van der Waals surface area contributed by atoms with Gasteiger partial charge in [-0.05, 0) is 48.6 Å². The number of hydrogen-bond acceptors (Lipinski definition) is 7. The van der Waals surface area contributed by atoms with Crippen molar-refractivity contribution in [3.63, 3.8) is 0 Å². The van der Waals surface area contributed by atoms with Crippen LogP contribution in [0.15, 0.2) is 68.8 Å². The highest BCUT2D eigenvalue weighted by Gasteiger charge is 2.19. The summed E-state index contributed by atoms with van der Waals surface area (Å²) >= 11 is 7.47. The average Bonchev–Trinajstić information content (AvgIpc) is 3.13. The second-order valence-electron chi connectivity index (χ2n) is 6.03. The van der Waals surface area contributed by atoms with Gasteiger partial charge in [-0.1, -0.05) is 34.9 Å². The molecule has 7 nitrogen and oxygen atoms in total. The summed E-state index contributed by atoms with van der Waals surface area (Å²) in [4.78, 5) is 13.2. The van der Waals surface area contributed by atoms with Crippen molar-refractivity contribution in [2.24, 2.45) is 0 Å². The molecule has 0 fully saturated rings. The standard InChI is InChI=1S/C19H18ClN3O4S2/c20-14-8-10-15(11-9-14)28-12-4-7-17(24)21-19-23-22-18(27-19)13-29(25,26)16-5-2-1-3-6-16/h1-3,5-6,8-11H,4,7,12-13H2,(H,21,23,24). The highest BCUT2D eigenvalue weighted by molar-refractivity contribution is 7.99. The summed E-state index contributed by atoms with van der Waals surface area (Å²) in [6.07, 6.45) is 0.934. The van der Waals surface area contributed by atoms with Gasteiger partial charge in [0, 0.05) is 16.3 Å². The zero-order valence-electron chi connectivity index (χ0n) is 15.2. The number of nitrogens with zero attached hydrogens (tertiary/aromatic N) is 2. The maximum Gasteiger partial charge on any atom is 0.322 e. The van der Waals surface area contributed by atoms with Crippen molar-refractivity contribution in [1.82, 2.24) is 10.2 Å². The van der Waals surface area contributed by atoms with Crippen LogP contribution in [0.5, 0.6) is 0 Å². The summed E-state index contributed by atoms with van der Waals surface area (Å²) in [6.45, 7) is 0. The zero-order valence-corrected chi connectivity index (χ0v) is 17.6. The quantitative estimate of drug-likeness (QED) is 0.384. The van der Waals surface area contributed by atoms with Gasteiger partial charge in [0.05, 0.1) is 4.90 Å². The molecule has 1 aromatic heterocycles. The maximum atomic E-state index is 12.3. The normalized spacial score (nSPS) is 11.3. The first-order valence-corrected chi connectivity index (χ1v) is 11.7. The monoisotopic (exact) mass is 451 g/mol. The van der Waals surface area contributed by atoms with Gasteiger partial charge in [0.2, 0.25) is 11.8 Å². The SMILES string of the molecule is O=C(CCCSc1ccc(Cl)cc1)Nc1nnc(CS(=O)(=O)c2ccccc2)o1. The van der Waals surface area contributed by atoms with E-state index in [-0.39, 0.29) is 29.1 Å². The molecule has 29 heavy (non-hydrogen) atoms. The Hall–Kier alpha value is -2.36. The summed E-state index contributed by atoms with van der Waals surface area (Å²) in [5.41, 5.74) is 0. The van der Waals surface area contributed by atoms with Crippen LogP contribution >= 0.6 is 23.4 Å². The summed E-state index contributed by atoms with van der Waals surface area (Å²) < 4.78 is 29.9. The van der Waals surface area contributed by atoms with Crippen molar-refractivity contribution in [2.75, 3.05) is 11.1 Å². The number of halogens is 1. The number of nitrogens with one attached hydrogen (secondary N) is 1. The maximum absolute atomic E-state index is 12.3. The predicted octanol–water partition coefficient (Wildman–Crippen LogP) is 4.21. The van der Waals surface area contributed by atoms with Crippen LogP contribution in [0, 0.1) is 0 Å². The fourth-order valence-electron chi connectivity index (χ4n) is 2.37. The Kier molecular flexibility index (Phi) is 7.29. The van der Waals surface area contributed by atoms with Crippen LogP contribution in [0.2, 0.25) is 5.02 Å². The number of aromatic nitrogens is 2. The summed E-state index contributed by atoms with van der Waals surface area (Å²) in [6, 6.07) is 15.4. The van der Waals surface area contributed by atoms with Gasteiger partial charge >= 0.3 is 6.01 Å². The van der Waals surface area contributed by atoms with Gasteiger partial charge in [0.25, 0.3) is 0 Å². The van der Waals surface area contributed by atoms with Crippen molar-refractivity contribution in [2.45, 2.75) is 28.4 Å². The van der Waals surface area contributed by atoms with E-state index in [0.29, 0.717) is 11.4 Å². The largest absolute Gasteiger partial charge is 0.407 e. The molecule has 1 amide bonds. The summed E-state index contributed by atoms with van der Waals surface area (Å²) in [5, 5.41) is 10.6. The average molecular weight is 452 g/mol. The van der Waals surface area contributed by atoms with E-state index >= 15 is 0 Å². The van der Waals surface area contributed by atoms with Crippen molar-refractivity contribution < 1.29 is 17.6 Å². The van der Waals surface area contributed by atoms with Gasteiger partial charge < -0.3 is 4.42 Å². The molecule has 0 aliphatic heterocycles. The number of carbonyl (C=O) groups excluding carboxylic acids is 1. The Bertz CT molecular complexity index is 1050. The van der Waals surface area contributed by atoms with Crippen LogP contribution in [0.3, 0.4) is 0 Å². The van der Waals surface area contributed by atoms with E-state index in [0.717, 1.165) is 10.6 Å². The van der Waals surface area contributed by atoms with Crippen LogP contribution < -0.4 is 5.32 Å². The lowest BCUT2D eigenvalue weighted by atomic mass is 10.3. The van der Waals surface area contributed by atoms with E-state index in [4.69, 9.17) is 16.0 Å². The Morgan fingerprint density at radius 3 is 2.52 bits per heavy atom. The minimum absolute atomic E-state index is 0.0811. The lowest BCUT2D eigenvalue weighted by Gasteiger charge is -2.02. The summed E-state index contributed by atoms with van der Waals surface area (Å²) in [7, 11) is -3.60. The number of hydrogen-bond donors (Lipinski definition) is 1. The number of thioether (sulfide) groups is 1. The lowest BCUT2D eigenvalue weighted by Crippen LogP contribution is -2.11. The molecule has 0 saturated heterocycles. The highest BCUT2D eigenvalue weighted by Crippen LogP contribution is 2.21. The van der Waals surface area contributed by atoms with Gasteiger partial charge in [0.1, 0.15) is 5.75 Å². The molecule has 10 heteroatoms. The van der Waals surface area contributed by atoms with Gasteiger partial charge in [-0.15, -0.1) is 16.9 Å². The molecule has 1 heterocycles. The van der Waals surface area contributed by atoms with Gasteiger partial charge in [-0.2, -0.15) is 0 Å². The first-order chi connectivity index (χ1) is 13.9. The van der Waals surface area contributed by atoms with E-state index < -0.39 is 15.6 Å². The predicted molar refractivity (Wildman–Crippen MR) is 112 cm³/mol. The number of sulfone groups is 1. The van der Waals surface area contributed by atoms with Crippen molar-refractivity contribution in [3.8, 4) is 0 Å². The molecular formula is C19H18ClN3O4S2. The Labute approximate surface area is 177 Å². The second kappa shape index (κ2) is 9.91. The molecule has 0 bridgehead atoms. The molecule has 0 unspecified atom stereocenters. The zero-order chi connectivity index (χ0) is 20.7. The molecular weight excluding hydrogens is 434 g/mol. The first kappa shape index (κ1) is 21.4. The van der Waals surface area contributed by atoms with Crippen LogP contribution in [-0.4, -0.2) is 30.3 Å². The van der Waals surface area contributed by atoms with Crippen LogP contribution in [-0.2, 0) is 20.4 Å². The lowest BCUT2D eigenvalue weighted by molar-refractivity contribution is -0.116. The minimum Gasteiger partial charge on any atom is -0.407 e. The van der Waals surface area contributed by atoms with Crippen molar-refractivity contribution in [3.05, 3.63) is 65.5 Å². The number of amides is 1. The fourth-order valence-corrected chi connectivity index (χ4v) is 4.53. The molecule has 0 aliphatic carbocycles. The van der Waals surface area contributed by atoms with E-state index in [1.807, 2.05) is 24.3 Å². The van der Waals surface area contributed by atoms with Gasteiger partial charge in [-0.3, -0.25) is 10.1 Å². The second-order valence-corrected chi connectivity index (χ2v) is 9.62.